The fraction of sp³-hybridized carbons (Fsp3) is 0.200. The van der Waals surface area contributed by atoms with E-state index in [4.69, 9.17) is 9.47 Å². The van der Waals surface area contributed by atoms with Gasteiger partial charge in [0, 0.05) is 11.8 Å². The van der Waals surface area contributed by atoms with Gasteiger partial charge in [-0.25, -0.2) is 4.98 Å². The van der Waals surface area contributed by atoms with Crippen molar-refractivity contribution in [3.8, 4) is 11.6 Å². The molecule has 0 saturated heterocycles. The van der Waals surface area contributed by atoms with Crippen LogP contribution in [-0.2, 0) is 0 Å². The van der Waals surface area contributed by atoms with Crippen LogP contribution in [0.1, 0.15) is 10.4 Å². The number of ether oxygens (including phenoxy) is 2. The quantitative estimate of drug-likeness (QED) is 0.733. The number of halogens is 2. The minimum Gasteiger partial charge on any atom is -0.494 e. The third-order valence-electron chi connectivity index (χ3n) is 3.29. The summed E-state index contributed by atoms with van der Waals surface area (Å²) in [5.41, 5.74) is 1.23. The van der Waals surface area contributed by atoms with Crippen LogP contribution < -0.4 is 14.4 Å². The number of hydrogen-bond acceptors (Lipinski definition) is 4. The van der Waals surface area contributed by atoms with Gasteiger partial charge in [0.2, 0.25) is 5.88 Å². The number of hydrogen-bond donors (Lipinski definition) is 0. The maximum atomic E-state index is 12.8. The Hall–Kier alpha value is -1.60. The number of benzene rings is 1. The number of methoxy groups -OCH3 is 1. The van der Waals surface area contributed by atoms with Crippen LogP contribution in [0.4, 0.5) is 5.69 Å². The molecular formula is C15H12Br2N2O3. The first-order valence-corrected chi connectivity index (χ1v) is 8.13. The third-order valence-corrected chi connectivity index (χ3v) is 4.47. The van der Waals surface area contributed by atoms with Gasteiger partial charge in [0.1, 0.15) is 18.0 Å². The van der Waals surface area contributed by atoms with E-state index in [0.29, 0.717) is 45.0 Å². The maximum absolute atomic E-state index is 12.8. The lowest BCUT2D eigenvalue weighted by molar-refractivity contribution is 0.0975. The fourth-order valence-electron chi connectivity index (χ4n) is 2.30. The predicted octanol–water partition coefficient (Wildman–Crippen LogP) is 3.65. The summed E-state index contributed by atoms with van der Waals surface area (Å²) in [7, 11) is 1.58. The molecule has 1 aromatic heterocycles. The molecule has 0 N–H and O–H groups in total. The number of rotatable bonds is 2. The largest absolute Gasteiger partial charge is 0.494 e. The molecule has 5 nitrogen and oxygen atoms in total. The van der Waals surface area contributed by atoms with Gasteiger partial charge in [-0.2, -0.15) is 0 Å². The molecule has 0 unspecified atom stereocenters. The Morgan fingerprint density at radius 2 is 2.09 bits per heavy atom. The summed E-state index contributed by atoms with van der Waals surface area (Å²) in [5.74, 6) is 1.02. The zero-order valence-electron chi connectivity index (χ0n) is 11.7. The average Bonchev–Trinajstić information content (AvgIpc) is 2.53. The van der Waals surface area contributed by atoms with Gasteiger partial charge in [-0.1, -0.05) is 0 Å². The molecular weight excluding hydrogens is 416 g/mol. The van der Waals surface area contributed by atoms with Crippen LogP contribution in [0.5, 0.6) is 11.6 Å². The molecule has 114 valence electrons. The van der Waals surface area contributed by atoms with E-state index in [1.54, 1.807) is 36.4 Å². The first-order chi connectivity index (χ1) is 10.6. The van der Waals surface area contributed by atoms with E-state index in [1.165, 1.54) is 0 Å². The van der Waals surface area contributed by atoms with Crippen LogP contribution >= 0.6 is 31.9 Å². The Bertz CT molecular complexity index is 713. The summed E-state index contributed by atoms with van der Waals surface area (Å²) in [4.78, 5) is 18.7. The van der Waals surface area contributed by atoms with Crippen LogP contribution in [-0.4, -0.2) is 31.2 Å². The van der Waals surface area contributed by atoms with E-state index in [1.807, 2.05) is 6.07 Å². The Kier molecular flexibility index (Phi) is 4.35. The number of nitrogens with zero attached hydrogens (tertiary/aromatic N) is 2. The van der Waals surface area contributed by atoms with Crippen molar-refractivity contribution >= 4 is 43.5 Å². The van der Waals surface area contributed by atoms with Crippen LogP contribution in [0.3, 0.4) is 0 Å². The number of aromatic nitrogens is 1. The van der Waals surface area contributed by atoms with Crippen LogP contribution in [0.25, 0.3) is 0 Å². The molecule has 0 aliphatic carbocycles. The standard InChI is InChI=1S/C15H12Br2N2O3/c1-21-13-10(16)7-9(8-11(13)17)15(20)19-5-6-22-14-12(19)3-2-4-18-14/h2-4,7-8H,5-6H2,1H3. The molecule has 1 aliphatic heterocycles. The second-order valence-electron chi connectivity index (χ2n) is 4.61. The highest BCUT2D eigenvalue weighted by Crippen LogP contribution is 2.36. The van der Waals surface area contributed by atoms with Gasteiger partial charge in [0.25, 0.3) is 5.91 Å². The van der Waals surface area contributed by atoms with E-state index in [0.717, 1.165) is 0 Å². The number of carbonyl (C=O) groups excluding carboxylic acids is 1. The number of amides is 1. The highest BCUT2D eigenvalue weighted by molar-refractivity contribution is 9.11. The van der Waals surface area contributed by atoms with Crippen LogP contribution in [0.2, 0.25) is 0 Å². The van der Waals surface area contributed by atoms with E-state index in [9.17, 15) is 4.79 Å². The molecule has 1 amide bonds. The second-order valence-corrected chi connectivity index (χ2v) is 6.31. The monoisotopic (exact) mass is 426 g/mol. The first-order valence-electron chi connectivity index (χ1n) is 6.54. The normalized spacial score (nSPS) is 13.3. The fourth-order valence-corrected chi connectivity index (χ4v) is 3.81. The predicted molar refractivity (Wildman–Crippen MR) is 89.8 cm³/mol. The molecule has 7 heteroatoms. The molecule has 0 spiro atoms. The topological polar surface area (TPSA) is 51.7 Å². The van der Waals surface area contributed by atoms with Crippen molar-refractivity contribution in [2.24, 2.45) is 0 Å². The minimum atomic E-state index is -0.110. The molecule has 0 radical (unpaired) electrons. The van der Waals surface area contributed by atoms with Gasteiger partial charge >= 0.3 is 0 Å². The Morgan fingerprint density at radius 3 is 2.77 bits per heavy atom. The van der Waals surface area contributed by atoms with Crippen molar-refractivity contribution < 1.29 is 14.3 Å². The van der Waals surface area contributed by atoms with E-state index in [-0.39, 0.29) is 5.91 Å². The van der Waals surface area contributed by atoms with Gasteiger partial charge < -0.3 is 14.4 Å². The van der Waals surface area contributed by atoms with Crippen LogP contribution in [0, 0.1) is 0 Å². The average molecular weight is 428 g/mol. The molecule has 3 rings (SSSR count). The lowest BCUT2D eigenvalue weighted by atomic mass is 10.1. The molecule has 0 bridgehead atoms. The Balaban J connectivity index is 1.99. The van der Waals surface area contributed by atoms with Crippen molar-refractivity contribution in [2.45, 2.75) is 0 Å². The summed E-state index contributed by atoms with van der Waals surface area (Å²) in [5, 5.41) is 0. The number of fused-ring (bicyclic) bond motifs is 1. The van der Waals surface area contributed by atoms with Crippen LogP contribution in [0.15, 0.2) is 39.4 Å². The van der Waals surface area contributed by atoms with Crippen molar-refractivity contribution in [3.63, 3.8) is 0 Å². The highest BCUT2D eigenvalue weighted by atomic mass is 79.9. The Morgan fingerprint density at radius 1 is 1.36 bits per heavy atom. The Labute approximate surface area is 144 Å². The maximum Gasteiger partial charge on any atom is 0.258 e. The van der Waals surface area contributed by atoms with Crippen molar-refractivity contribution in [2.75, 3.05) is 25.2 Å². The molecule has 0 saturated carbocycles. The van der Waals surface area contributed by atoms with Gasteiger partial charge in [0.05, 0.1) is 22.6 Å². The molecule has 2 heterocycles. The summed E-state index contributed by atoms with van der Waals surface area (Å²) in [6, 6.07) is 7.11. The summed E-state index contributed by atoms with van der Waals surface area (Å²) in [6.07, 6.45) is 1.65. The molecule has 1 aliphatic rings. The molecule has 22 heavy (non-hydrogen) atoms. The first kappa shape index (κ1) is 15.3. The summed E-state index contributed by atoms with van der Waals surface area (Å²) >= 11 is 6.84. The van der Waals surface area contributed by atoms with Gasteiger partial charge in [-0.05, 0) is 56.1 Å². The lowest BCUT2D eigenvalue weighted by Crippen LogP contribution is -2.38. The van der Waals surface area contributed by atoms with Crippen molar-refractivity contribution in [3.05, 3.63) is 45.0 Å². The number of pyridine rings is 1. The van der Waals surface area contributed by atoms with E-state index < -0.39 is 0 Å². The molecule has 1 aromatic carbocycles. The third kappa shape index (κ3) is 2.70. The summed E-state index contributed by atoms with van der Waals surface area (Å²) < 4.78 is 12.2. The second kappa shape index (κ2) is 6.26. The molecule has 0 atom stereocenters. The highest BCUT2D eigenvalue weighted by Gasteiger charge is 2.26. The van der Waals surface area contributed by atoms with Crippen molar-refractivity contribution in [1.29, 1.82) is 0 Å². The van der Waals surface area contributed by atoms with E-state index in [2.05, 4.69) is 36.8 Å². The number of carbonyl (C=O) groups is 1. The minimum absolute atomic E-state index is 0.110. The van der Waals surface area contributed by atoms with Gasteiger partial charge in [-0.3, -0.25) is 4.79 Å². The molecule has 2 aromatic rings. The lowest BCUT2D eigenvalue weighted by Gasteiger charge is -2.28. The molecule has 0 fully saturated rings. The SMILES string of the molecule is COc1c(Br)cc(C(=O)N2CCOc3ncccc32)cc1Br. The zero-order chi connectivity index (χ0) is 15.7. The van der Waals surface area contributed by atoms with Gasteiger partial charge in [-0.15, -0.1) is 0 Å². The van der Waals surface area contributed by atoms with E-state index >= 15 is 0 Å². The van der Waals surface area contributed by atoms with Crippen molar-refractivity contribution in [1.82, 2.24) is 4.98 Å². The van der Waals surface area contributed by atoms with Gasteiger partial charge in [0.15, 0.2) is 0 Å². The summed E-state index contributed by atoms with van der Waals surface area (Å²) in [6.45, 7) is 0.910. The smallest absolute Gasteiger partial charge is 0.258 e. The zero-order valence-corrected chi connectivity index (χ0v) is 14.8. The number of anilines is 1.